The van der Waals surface area contributed by atoms with Gasteiger partial charge in [0.25, 0.3) is 0 Å². The third-order valence-corrected chi connectivity index (χ3v) is 4.02. The number of hydrogen-bond donors (Lipinski definition) is 3. The van der Waals surface area contributed by atoms with Crippen LogP contribution in [0.15, 0.2) is 24.3 Å². The van der Waals surface area contributed by atoms with E-state index in [1.807, 2.05) is 31.2 Å². The number of carbonyl (C=O) groups excluding carboxylic acids is 2. The van der Waals surface area contributed by atoms with Crippen LogP contribution in [0.3, 0.4) is 0 Å². The van der Waals surface area contributed by atoms with E-state index in [1.54, 1.807) is 7.11 Å². The first-order valence-electron chi connectivity index (χ1n) is 6.63. The molecular formula is C14H19N3O3S. The number of rotatable bonds is 5. The summed E-state index contributed by atoms with van der Waals surface area (Å²) in [5.74, 6) is 0.0407. The number of benzene rings is 1. The molecule has 0 spiro atoms. The van der Waals surface area contributed by atoms with E-state index in [2.05, 4.69) is 16.0 Å². The highest BCUT2D eigenvalue weighted by Crippen LogP contribution is 2.14. The lowest BCUT2D eigenvalue weighted by Crippen LogP contribution is -2.55. The molecule has 3 N–H and O–H groups in total. The van der Waals surface area contributed by atoms with Crippen LogP contribution in [0.2, 0.25) is 0 Å². The van der Waals surface area contributed by atoms with Crippen LogP contribution >= 0.6 is 11.8 Å². The molecule has 21 heavy (non-hydrogen) atoms. The van der Waals surface area contributed by atoms with E-state index in [-0.39, 0.29) is 35.7 Å². The number of nitrogens with one attached hydrogen (secondary N) is 3. The summed E-state index contributed by atoms with van der Waals surface area (Å²) in [7, 11) is 1.54. The number of carbonyl (C=O) groups is 2. The molecule has 6 nitrogen and oxygen atoms in total. The lowest BCUT2D eigenvalue weighted by Gasteiger charge is -2.29. The average Bonchev–Trinajstić information content (AvgIpc) is 2.47. The van der Waals surface area contributed by atoms with Crippen molar-refractivity contribution in [1.29, 1.82) is 0 Å². The number of hydrogen-bond acceptors (Lipinski definition) is 5. The van der Waals surface area contributed by atoms with Crippen LogP contribution < -0.4 is 16.0 Å². The molecule has 0 aliphatic carbocycles. The summed E-state index contributed by atoms with van der Waals surface area (Å²) in [5, 5.41) is 8.66. The van der Waals surface area contributed by atoms with Gasteiger partial charge in [0, 0.05) is 12.8 Å². The van der Waals surface area contributed by atoms with Gasteiger partial charge in [-0.05, 0) is 19.1 Å². The van der Waals surface area contributed by atoms with Crippen molar-refractivity contribution in [2.24, 2.45) is 0 Å². The van der Waals surface area contributed by atoms with Crippen molar-refractivity contribution >= 4 is 29.3 Å². The monoisotopic (exact) mass is 309 g/mol. The van der Waals surface area contributed by atoms with Crippen LogP contribution in [0.4, 0.5) is 5.69 Å². The van der Waals surface area contributed by atoms with E-state index in [4.69, 9.17) is 4.74 Å². The maximum Gasteiger partial charge on any atom is 0.234 e. The molecule has 7 heteroatoms. The van der Waals surface area contributed by atoms with Crippen molar-refractivity contribution in [2.45, 2.75) is 25.1 Å². The van der Waals surface area contributed by atoms with Crippen molar-refractivity contribution in [3.05, 3.63) is 29.8 Å². The van der Waals surface area contributed by atoms with Gasteiger partial charge in [0.15, 0.2) is 0 Å². The number of ether oxygens (including phenoxy) is 1. The Morgan fingerprint density at radius 1 is 1.43 bits per heavy atom. The molecule has 1 fully saturated rings. The highest BCUT2D eigenvalue weighted by Gasteiger charge is 2.26. The van der Waals surface area contributed by atoms with Crippen LogP contribution in [-0.2, 0) is 14.3 Å². The van der Waals surface area contributed by atoms with Gasteiger partial charge < -0.3 is 15.4 Å². The molecule has 0 aromatic heterocycles. The smallest absolute Gasteiger partial charge is 0.234 e. The molecule has 0 saturated carbocycles. The quantitative estimate of drug-likeness (QED) is 0.757. The van der Waals surface area contributed by atoms with Crippen molar-refractivity contribution in [2.75, 3.05) is 18.2 Å². The van der Waals surface area contributed by atoms with Gasteiger partial charge in [-0.3, -0.25) is 14.9 Å². The third-order valence-electron chi connectivity index (χ3n) is 3.00. The molecule has 0 radical (unpaired) electrons. The van der Waals surface area contributed by atoms with Gasteiger partial charge in [-0.1, -0.05) is 17.7 Å². The third kappa shape index (κ3) is 5.04. The van der Waals surface area contributed by atoms with E-state index in [9.17, 15) is 9.59 Å². The highest BCUT2D eigenvalue weighted by atomic mass is 32.2. The Hall–Kier alpha value is -1.57. The zero-order valence-corrected chi connectivity index (χ0v) is 12.8. The molecule has 2 unspecified atom stereocenters. The zero-order chi connectivity index (χ0) is 15.2. The van der Waals surface area contributed by atoms with E-state index >= 15 is 0 Å². The van der Waals surface area contributed by atoms with E-state index in [1.165, 1.54) is 11.8 Å². The Balaban J connectivity index is 1.78. The number of anilines is 1. The lowest BCUT2D eigenvalue weighted by molar-refractivity contribution is -0.127. The SMILES string of the molecule is COC1CC(=O)NC(SCC(=O)Nc2ccc(C)cc2)N1. The molecule has 2 atom stereocenters. The van der Waals surface area contributed by atoms with Crippen LogP contribution in [0.5, 0.6) is 0 Å². The normalized spacial score (nSPS) is 21.7. The van der Waals surface area contributed by atoms with Crippen LogP contribution in [0, 0.1) is 6.92 Å². The van der Waals surface area contributed by atoms with Gasteiger partial charge in [-0.15, -0.1) is 11.8 Å². The molecule has 1 saturated heterocycles. The molecule has 1 aliphatic heterocycles. The van der Waals surface area contributed by atoms with Gasteiger partial charge in [-0.2, -0.15) is 0 Å². The Morgan fingerprint density at radius 3 is 2.81 bits per heavy atom. The predicted octanol–water partition coefficient (Wildman–Crippen LogP) is 1.03. The molecule has 1 aromatic rings. The summed E-state index contributed by atoms with van der Waals surface area (Å²) < 4.78 is 5.12. The molecule has 2 rings (SSSR count). The standard InChI is InChI=1S/C14H19N3O3S/c1-9-3-5-10(6-4-9)15-12(19)8-21-14-16-11(18)7-13(17-14)20-2/h3-6,13-14,17H,7-8H2,1-2H3,(H,15,19)(H,16,18). The average molecular weight is 309 g/mol. The first kappa shape index (κ1) is 15.8. The zero-order valence-electron chi connectivity index (χ0n) is 12.0. The first-order chi connectivity index (χ1) is 10.1. The summed E-state index contributed by atoms with van der Waals surface area (Å²) in [6, 6.07) is 7.60. The van der Waals surface area contributed by atoms with E-state index in [0.29, 0.717) is 0 Å². The highest BCUT2D eigenvalue weighted by molar-refractivity contribution is 8.00. The minimum absolute atomic E-state index is 0.0861. The molecule has 1 aromatic carbocycles. The maximum atomic E-state index is 11.9. The maximum absolute atomic E-state index is 11.9. The summed E-state index contributed by atoms with van der Waals surface area (Å²) in [6.45, 7) is 1.99. The molecule has 1 aliphatic rings. The fraction of sp³-hybridized carbons (Fsp3) is 0.429. The van der Waals surface area contributed by atoms with Gasteiger partial charge in [0.2, 0.25) is 11.8 Å². The fourth-order valence-corrected chi connectivity index (χ4v) is 2.73. The summed E-state index contributed by atoms with van der Waals surface area (Å²) in [6.07, 6.45) is -0.0280. The topological polar surface area (TPSA) is 79.5 Å². The second kappa shape index (κ2) is 7.44. The van der Waals surface area contributed by atoms with Crippen LogP contribution in [0.1, 0.15) is 12.0 Å². The van der Waals surface area contributed by atoms with Crippen LogP contribution in [0.25, 0.3) is 0 Å². The number of methoxy groups -OCH3 is 1. The van der Waals surface area contributed by atoms with Crippen LogP contribution in [-0.4, -0.2) is 36.4 Å². The van der Waals surface area contributed by atoms with Crippen molar-refractivity contribution in [3.8, 4) is 0 Å². The van der Waals surface area contributed by atoms with E-state index < -0.39 is 0 Å². The summed E-state index contributed by atoms with van der Waals surface area (Å²) in [4.78, 5) is 23.3. The van der Waals surface area contributed by atoms with Gasteiger partial charge in [-0.25, -0.2) is 0 Å². The van der Waals surface area contributed by atoms with E-state index in [0.717, 1.165) is 11.3 Å². The van der Waals surface area contributed by atoms with Crippen molar-refractivity contribution < 1.29 is 14.3 Å². The predicted molar refractivity (Wildman–Crippen MR) is 82.7 cm³/mol. The van der Waals surface area contributed by atoms with Gasteiger partial charge >= 0.3 is 0 Å². The molecule has 1 heterocycles. The summed E-state index contributed by atoms with van der Waals surface area (Å²) >= 11 is 1.32. The Labute approximate surface area is 128 Å². The molecule has 114 valence electrons. The lowest BCUT2D eigenvalue weighted by atomic mass is 10.2. The summed E-state index contributed by atoms with van der Waals surface area (Å²) in [5.41, 5.74) is 1.59. The largest absolute Gasteiger partial charge is 0.366 e. The van der Waals surface area contributed by atoms with Gasteiger partial charge in [0.05, 0.1) is 12.2 Å². The first-order valence-corrected chi connectivity index (χ1v) is 7.68. The number of aryl methyl sites for hydroxylation is 1. The minimum atomic E-state index is -0.319. The molecule has 0 bridgehead atoms. The fourth-order valence-electron chi connectivity index (χ4n) is 1.88. The number of thioether (sulfide) groups is 1. The van der Waals surface area contributed by atoms with Gasteiger partial charge in [0.1, 0.15) is 11.7 Å². The van der Waals surface area contributed by atoms with Crippen molar-refractivity contribution in [1.82, 2.24) is 10.6 Å². The molecular weight excluding hydrogens is 290 g/mol. The Kier molecular flexibility index (Phi) is 5.60. The molecule has 2 amide bonds. The van der Waals surface area contributed by atoms with Crippen molar-refractivity contribution in [3.63, 3.8) is 0 Å². The Morgan fingerprint density at radius 2 is 2.14 bits per heavy atom. The second-order valence-electron chi connectivity index (χ2n) is 4.77. The number of amides is 2. The Bertz CT molecular complexity index is 507. The minimum Gasteiger partial charge on any atom is -0.366 e. The second-order valence-corrected chi connectivity index (χ2v) is 5.86.